The van der Waals surface area contributed by atoms with E-state index in [1.54, 1.807) is 0 Å². The number of carbonyl (C=O) groups is 2. The number of methoxy groups -OCH3 is 1. The lowest BCUT2D eigenvalue weighted by Gasteiger charge is -2.62. The number of ether oxygens (including phenoxy) is 1. The Morgan fingerprint density at radius 2 is 1.84 bits per heavy atom. The maximum Gasteiger partial charge on any atom is 0.490 e. The van der Waals surface area contributed by atoms with Gasteiger partial charge in [0.15, 0.2) is 0 Å². The number of halogens is 3. The molecular weight excluding hydrogens is 267 g/mol. The zero-order valence-corrected chi connectivity index (χ0v) is 10.4. The van der Waals surface area contributed by atoms with Crippen LogP contribution in [0.15, 0.2) is 0 Å². The van der Waals surface area contributed by atoms with Crippen LogP contribution < -0.4 is 5.73 Å². The molecule has 0 amide bonds. The summed E-state index contributed by atoms with van der Waals surface area (Å²) in [5.74, 6) is -2.07. The predicted octanol–water partition coefficient (Wildman–Crippen LogP) is 1.31. The Kier molecular flexibility index (Phi) is 4.44. The predicted molar refractivity (Wildman–Crippen MR) is 58.1 cm³/mol. The molecule has 0 heterocycles. The quantitative estimate of drug-likeness (QED) is 0.762. The van der Waals surface area contributed by atoms with Gasteiger partial charge in [-0.05, 0) is 37.0 Å². The van der Waals surface area contributed by atoms with Crippen LogP contribution in [-0.2, 0) is 14.3 Å². The van der Waals surface area contributed by atoms with Crippen molar-refractivity contribution in [3.05, 3.63) is 0 Å². The summed E-state index contributed by atoms with van der Waals surface area (Å²) < 4.78 is 36.3. The van der Waals surface area contributed by atoms with Crippen molar-refractivity contribution < 1.29 is 32.6 Å². The highest BCUT2D eigenvalue weighted by Crippen LogP contribution is 2.66. The molecule has 0 aromatic heterocycles. The van der Waals surface area contributed by atoms with Gasteiger partial charge in [0, 0.05) is 0 Å². The lowest BCUT2D eigenvalue weighted by molar-refractivity contribution is -0.192. The Morgan fingerprint density at radius 1 is 1.42 bits per heavy atom. The van der Waals surface area contributed by atoms with Crippen LogP contribution in [0.5, 0.6) is 0 Å². The number of esters is 1. The van der Waals surface area contributed by atoms with Crippen LogP contribution in [0.4, 0.5) is 13.2 Å². The van der Waals surface area contributed by atoms with E-state index in [4.69, 9.17) is 15.6 Å². The molecule has 5 nitrogen and oxygen atoms in total. The number of hydrogen-bond acceptors (Lipinski definition) is 4. The van der Waals surface area contributed by atoms with Gasteiger partial charge in [-0.15, -0.1) is 0 Å². The summed E-state index contributed by atoms with van der Waals surface area (Å²) in [6.45, 7) is 0. The van der Waals surface area contributed by atoms with Crippen molar-refractivity contribution in [1.29, 1.82) is 0 Å². The highest BCUT2D eigenvalue weighted by Gasteiger charge is 2.56. The van der Waals surface area contributed by atoms with Crippen LogP contribution in [-0.4, -0.2) is 36.4 Å². The van der Waals surface area contributed by atoms with Crippen molar-refractivity contribution in [1.82, 2.24) is 0 Å². The van der Waals surface area contributed by atoms with Gasteiger partial charge in [0.1, 0.15) is 6.04 Å². The van der Waals surface area contributed by atoms with Gasteiger partial charge in [-0.2, -0.15) is 13.2 Å². The highest BCUT2D eigenvalue weighted by atomic mass is 19.4. The summed E-state index contributed by atoms with van der Waals surface area (Å²) in [5.41, 5.74) is 6.12. The number of carboxylic acids is 1. The summed E-state index contributed by atoms with van der Waals surface area (Å²) >= 11 is 0. The van der Waals surface area contributed by atoms with Crippen molar-refractivity contribution in [3.8, 4) is 0 Å². The Morgan fingerprint density at radius 3 is 2.05 bits per heavy atom. The van der Waals surface area contributed by atoms with Gasteiger partial charge in [0.05, 0.1) is 7.11 Å². The third kappa shape index (κ3) is 3.82. The molecular formula is C11H16F3NO4. The average molecular weight is 283 g/mol. The van der Waals surface area contributed by atoms with Crippen LogP contribution in [0.2, 0.25) is 0 Å². The molecule has 3 saturated carbocycles. The molecule has 3 fully saturated rings. The van der Waals surface area contributed by atoms with Crippen molar-refractivity contribution in [2.75, 3.05) is 7.11 Å². The summed E-state index contributed by atoms with van der Waals surface area (Å²) in [4.78, 5) is 19.9. The van der Waals surface area contributed by atoms with Gasteiger partial charge in [-0.25, -0.2) is 4.79 Å². The number of hydrogen-bond donors (Lipinski definition) is 2. The molecule has 2 bridgehead atoms. The van der Waals surface area contributed by atoms with E-state index in [9.17, 15) is 18.0 Å². The maximum atomic E-state index is 11.0. The molecule has 1 atom stereocenters. The van der Waals surface area contributed by atoms with E-state index >= 15 is 0 Å². The minimum atomic E-state index is -5.08. The van der Waals surface area contributed by atoms with Gasteiger partial charge in [-0.1, -0.05) is 0 Å². The molecule has 3 N–H and O–H groups in total. The normalized spacial score (nSPS) is 29.0. The molecule has 0 aromatic carbocycles. The highest BCUT2D eigenvalue weighted by molar-refractivity contribution is 5.75. The molecule has 0 aliphatic heterocycles. The number of carbonyl (C=O) groups excluding carboxylic acids is 1. The fourth-order valence-electron chi connectivity index (χ4n) is 2.61. The Bertz CT molecular complexity index is 352. The summed E-state index contributed by atoms with van der Waals surface area (Å²) in [6, 6.07) is -0.392. The first-order valence-corrected chi connectivity index (χ1v) is 5.73. The molecule has 8 heteroatoms. The molecule has 0 spiro atoms. The second kappa shape index (κ2) is 5.36. The van der Waals surface area contributed by atoms with Crippen molar-refractivity contribution >= 4 is 11.9 Å². The van der Waals surface area contributed by atoms with Gasteiger partial charge >= 0.3 is 18.1 Å². The SMILES string of the molecule is COC(=O)C(N)CC12CC(C1)C2.O=C(O)C(F)(F)F. The van der Waals surface area contributed by atoms with E-state index in [0.29, 0.717) is 5.41 Å². The first kappa shape index (κ1) is 15.7. The lowest BCUT2D eigenvalue weighted by atomic mass is 9.43. The van der Waals surface area contributed by atoms with E-state index in [2.05, 4.69) is 4.74 Å². The maximum absolute atomic E-state index is 11.0. The fourth-order valence-corrected chi connectivity index (χ4v) is 2.61. The Labute approximate surface area is 107 Å². The standard InChI is InChI=1S/C9H15NO2.C2HF3O2/c1-12-8(11)7(10)5-9-2-6(3-9)4-9;3-2(4,5)1(6)7/h6-7H,2-5,10H2,1H3;(H,6,7). The number of aliphatic carboxylic acids is 1. The minimum Gasteiger partial charge on any atom is -0.475 e. The smallest absolute Gasteiger partial charge is 0.475 e. The van der Waals surface area contributed by atoms with E-state index in [1.807, 2.05) is 0 Å². The van der Waals surface area contributed by atoms with Crippen molar-refractivity contribution in [2.24, 2.45) is 17.1 Å². The van der Waals surface area contributed by atoms with E-state index in [-0.39, 0.29) is 5.97 Å². The average Bonchev–Trinajstić information content (AvgIpc) is 2.19. The molecule has 110 valence electrons. The van der Waals surface area contributed by atoms with Crippen LogP contribution >= 0.6 is 0 Å². The van der Waals surface area contributed by atoms with Crippen LogP contribution in [0.25, 0.3) is 0 Å². The van der Waals surface area contributed by atoms with Crippen molar-refractivity contribution in [3.63, 3.8) is 0 Å². The minimum absolute atomic E-state index is 0.264. The van der Waals surface area contributed by atoms with E-state index < -0.39 is 18.2 Å². The Balaban J connectivity index is 0.000000224. The van der Waals surface area contributed by atoms with E-state index in [1.165, 1.54) is 26.4 Å². The zero-order chi connectivity index (χ0) is 14.8. The molecule has 0 aromatic rings. The van der Waals surface area contributed by atoms with Crippen LogP contribution in [0.1, 0.15) is 25.7 Å². The summed E-state index contributed by atoms with van der Waals surface area (Å²) in [7, 11) is 1.39. The first-order chi connectivity index (χ1) is 8.59. The number of carboxylic acid groups (broad SMARTS) is 1. The second-order valence-corrected chi connectivity index (χ2v) is 5.12. The van der Waals surface area contributed by atoms with Crippen LogP contribution in [0, 0.1) is 11.3 Å². The molecule has 19 heavy (non-hydrogen) atoms. The van der Waals surface area contributed by atoms with E-state index in [0.717, 1.165) is 12.3 Å². The van der Waals surface area contributed by atoms with Gasteiger partial charge in [0.2, 0.25) is 0 Å². The lowest BCUT2D eigenvalue weighted by Crippen LogP contribution is -2.55. The van der Waals surface area contributed by atoms with Gasteiger partial charge in [0.25, 0.3) is 0 Å². The monoisotopic (exact) mass is 283 g/mol. The summed E-state index contributed by atoms with van der Waals surface area (Å²) in [5, 5.41) is 7.12. The zero-order valence-electron chi connectivity index (χ0n) is 10.4. The first-order valence-electron chi connectivity index (χ1n) is 5.73. The second-order valence-electron chi connectivity index (χ2n) is 5.12. The molecule has 3 rings (SSSR count). The molecule has 3 aliphatic rings. The van der Waals surface area contributed by atoms with Crippen molar-refractivity contribution in [2.45, 2.75) is 37.9 Å². The van der Waals surface area contributed by atoms with Crippen LogP contribution in [0.3, 0.4) is 0 Å². The molecule has 0 saturated heterocycles. The summed E-state index contributed by atoms with van der Waals surface area (Å²) in [6.07, 6.45) is -0.386. The molecule has 1 unspecified atom stereocenters. The number of nitrogens with two attached hydrogens (primary N) is 1. The third-order valence-electron chi connectivity index (χ3n) is 3.56. The number of rotatable bonds is 3. The third-order valence-corrected chi connectivity index (χ3v) is 3.56. The Hall–Kier alpha value is -1.31. The van der Waals surface area contributed by atoms with Gasteiger partial charge < -0.3 is 15.6 Å². The molecule has 0 radical (unpaired) electrons. The largest absolute Gasteiger partial charge is 0.490 e. The van der Waals surface area contributed by atoms with Gasteiger partial charge in [-0.3, -0.25) is 4.79 Å². The number of alkyl halides is 3. The fraction of sp³-hybridized carbons (Fsp3) is 0.818. The molecule has 3 aliphatic carbocycles. The topological polar surface area (TPSA) is 89.6 Å².